The zero-order valence-electron chi connectivity index (χ0n) is 10.8. The van der Waals surface area contributed by atoms with Crippen LogP contribution >= 0.6 is 22.6 Å². The topological polar surface area (TPSA) is 64.4 Å². The maximum Gasteiger partial charge on any atom is 0.270 e. The second kappa shape index (κ2) is 6.51. The molecule has 2 rings (SSSR count). The van der Waals surface area contributed by atoms with Gasteiger partial charge in [-0.3, -0.25) is 10.1 Å². The van der Waals surface area contributed by atoms with Gasteiger partial charge in [0, 0.05) is 40.5 Å². The van der Waals surface area contributed by atoms with Gasteiger partial charge in [0.2, 0.25) is 0 Å². The van der Waals surface area contributed by atoms with E-state index in [2.05, 4.69) is 34.8 Å². The predicted octanol–water partition coefficient (Wildman–Crippen LogP) is 3.43. The highest BCUT2D eigenvalue weighted by molar-refractivity contribution is 14.1. The normalized spacial score (nSPS) is 22.4. The highest BCUT2D eigenvalue weighted by Crippen LogP contribution is 2.27. The lowest BCUT2D eigenvalue weighted by Crippen LogP contribution is -2.23. The van der Waals surface area contributed by atoms with Gasteiger partial charge >= 0.3 is 0 Å². The van der Waals surface area contributed by atoms with Crippen molar-refractivity contribution in [1.29, 1.82) is 0 Å². The Balaban J connectivity index is 1.98. The van der Waals surface area contributed by atoms with Crippen LogP contribution in [0.15, 0.2) is 18.2 Å². The summed E-state index contributed by atoms with van der Waals surface area (Å²) in [6, 6.07) is 4.90. The third-order valence-electron chi connectivity index (χ3n) is 3.47. The van der Waals surface area contributed by atoms with Crippen molar-refractivity contribution < 1.29 is 9.66 Å². The molecule has 0 spiro atoms. The molecule has 2 atom stereocenters. The molecule has 19 heavy (non-hydrogen) atoms. The molecule has 0 radical (unpaired) electrons. The van der Waals surface area contributed by atoms with E-state index in [0.717, 1.165) is 35.3 Å². The zero-order valence-corrected chi connectivity index (χ0v) is 12.9. The van der Waals surface area contributed by atoms with Crippen LogP contribution in [0.5, 0.6) is 0 Å². The van der Waals surface area contributed by atoms with Gasteiger partial charge in [0.05, 0.1) is 11.0 Å². The lowest BCUT2D eigenvalue weighted by molar-refractivity contribution is -0.384. The minimum absolute atomic E-state index is 0.130. The quantitative estimate of drug-likeness (QED) is 0.486. The van der Waals surface area contributed by atoms with E-state index in [1.54, 1.807) is 12.1 Å². The Morgan fingerprint density at radius 2 is 2.37 bits per heavy atom. The highest BCUT2D eigenvalue weighted by atomic mass is 127. The fourth-order valence-corrected chi connectivity index (χ4v) is 3.07. The van der Waals surface area contributed by atoms with E-state index >= 15 is 0 Å². The van der Waals surface area contributed by atoms with Gasteiger partial charge in [0.1, 0.15) is 0 Å². The van der Waals surface area contributed by atoms with E-state index in [0.29, 0.717) is 12.0 Å². The van der Waals surface area contributed by atoms with Gasteiger partial charge < -0.3 is 10.1 Å². The van der Waals surface area contributed by atoms with Gasteiger partial charge in [-0.2, -0.15) is 0 Å². The number of benzene rings is 1. The van der Waals surface area contributed by atoms with Crippen molar-refractivity contribution in [2.75, 3.05) is 18.5 Å². The number of nitrogens with zero attached hydrogens (tertiary/aromatic N) is 1. The van der Waals surface area contributed by atoms with Crippen LogP contribution in [0.4, 0.5) is 11.4 Å². The molecule has 0 aromatic heterocycles. The SMILES string of the molecule is CCC1OCCC1CNc1ccc([N+](=O)[O-])cc1I. The van der Waals surface area contributed by atoms with Crippen molar-refractivity contribution in [3.8, 4) is 0 Å². The Morgan fingerprint density at radius 1 is 1.58 bits per heavy atom. The molecule has 0 amide bonds. The van der Waals surface area contributed by atoms with Crippen LogP contribution in [0.25, 0.3) is 0 Å². The molecule has 0 aliphatic carbocycles. The van der Waals surface area contributed by atoms with Crippen molar-refractivity contribution in [2.45, 2.75) is 25.9 Å². The first-order chi connectivity index (χ1) is 9.11. The number of hydrogen-bond donors (Lipinski definition) is 1. The molecule has 1 aromatic carbocycles. The molecule has 1 N–H and O–H groups in total. The molecule has 104 valence electrons. The largest absolute Gasteiger partial charge is 0.384 e. The van der Waals surface area contributed by atoms with E-state index in [9.17, 15) is 10.1 Å². The van der Waals surface area contributed by atoms with Crippen LogP contribution in [0.1, 0.15) is 19.8 Å². The maximum absolute atomic E-state index is 10.7. The predicted molar refractivity (Wildman–Crippen MR) is 82.4 cm³/mol. The number of rotatable bonds is 5. The van der Waals surface area contributed by atoms with E-state index in [4.69, 9.17) is 4.74 Å². The number of ether oxygens (including phenoxy) is 1. The molecule has 1 saturated heterocycles. The van der Waals surface area contributed by atoms with Crippen LogP contribution in [0.2, 0.25) is 0 Å². The Morgan fingerprint density at radius 3 is 3.00 bits per heavy atom. The van der Waals surface area contributed by atoms with Crippen LogP contribution < -0.4 is 5.32 Å². The summed E-state index contributed by atoms with van der Waals surface area (Å²) in [4.78, 5) is 10.3. The lowest BCUT2D eigenvalue weighted by atomic mass is 9.99. The van der Waals surface area contributed by atoms with Gasteiger partial charge in [-0.1, -0.05) is 6.92 Å². The van der Waals surface area contributed by atoms with Crippen molar-refractivity contribution in [3.63, 3.8) is 0 Å². The molecule has 1 heterocycles. The van der Waals surface area contributed by atoms with Crippen LogP contribution in [0.3, 0.4) is 0 Å². The first-order valence-corrected chi connectivity index (χ1v) is 7.49. The first kappa shape index (κ1) is 14.5. The van der Waals surface area contributed by atoms with Crippen molar-refractivity contribution in [2.24, 2.45) is 5.92 Å². The molecule has 1 aromatic rings. The molecule has 1 fully saturated rings. The number of halogens is 1. The van der Waals surface area contributed by atoms with E-state index < -0.39 is 0 Å². The average molecular weight is 376 g/mol. The second-order valence-corrected chi connectivity index (χ2v) is 5.83. The Kier molecular flexibility index (Phi) is 4.98. The van der Waals surface area contributed by atoms with E-state index in [-0.39, 0.29) is 10.6 Å². The van der Waals surface area contributed by atoms with Crippen molar-refractivity contribution in [1.82, 2.24) is 0 Å². The van der Waals surface area contributed by atoms with Gasteiger partial charge in [0.15, 0.2) is 0 Å². The Labute approximate surface area is 126 Å². The third-order valence-corrected chi connectivity index (χ3v) is 4.36. The van der Waals surface area contributed by atoms with Gasteiger partial charge in [-0.05, 0) is 41.5 Å². The monoisotopic (exact) mass is 376 g/mol. The fourth-order valence-electron chi connectivity index (χ4n) is 2.38. The second-order valence-electron chi connectivity index (χ2n) is 4.67. The molecule has 1 aliphatic rings. The van der Waals surface area contributed by atoms with Crippen molar-refractivity contribution in [3.05, 3.63) is 31.9 Å². The van der Waals surface area contributed by atoms with Crippen LogP contribution in [-0.2, 0) is 4.74 Å². The smallest absolute Gasteiger partial charge is 0.270 e. The molecule has 5 nitrogen and oxygen atoms in total. The minimum atomic E-state index is -0.371. The summed E-state index contributed by atoms with van der Waals surface area (Å²) in [6.45, 7) is 3.83. The molecule has 0 bridgehead atoms. The number of nitro groups is 1. The summed E-state index contributed by atoms with van der Waals surface area (Å²) < 4.78 is 6.53. The maximum atomic E-state index is 10.7. The summed E-state index contributed by atoms with van der Waals surface area (Å²) in [5, 5.41) is 14.1. The summed E-state index contributed by atoms with van der Waals surface area (Å²) in [6.07, 6.45) is 2.45. The molecule has 2 unspecified atom stereocenters. The first-order valence-electron chi connectivity index (χ1n) is 6.41. The van der Waals surface area contributed by atoms with Gasteiger partial charge in [-0.25, -0.2) is 0 Å². The average Bonchev–Trinajstić information content (AvgIpc) is 2.84. The third kappa shape index (κ3) is 3.56. The summed E-state index contributed by atoms with van der Waals surface area (Å²) in [5.41, 5.74) is 1.08. The number of hydrogen-bond acceptors (Lipinski definition) is 4. The molecular weight excluding hydrogens is 359 g/mol. The zero-order chi connectivity index (χ0) is 13.8. The molecule has 6 heteroatoms. The van der Waals surface area contributed by atoms with Crippen molar-refractivity contribution >= 4 is 34.0 Å². The highest BCUT2D eigenvalue weighted by Gasteiger charge is 2.26. The molecule has 0 saturated carbocycles. The van der Waals surface area contributed by atoms with E-state index in [1.807, 2.05) is 0 Å². The number of nitro benzene ring substituents is 1. The number of non-ortho nitro benzene ring substituents is 1. The fraction of sp³-hybridized carbons (Fsp3) is 0.538. The summed E-state index contributed by atoms with van der Waals surface area (Å²) in [5.74, 6) is 0.524. The summed E-state index contributed by atoms with van der Waals surface area (Å²) in [7, 11) is 0. The molecular formula is C13H17IN2O3. The molecule has 1 aliphatic heterocycles. The Bertz CT molecular complexity index is 467. The lowest BCUT2D eigenvalue weighted by Gasteiger charge is -2.18. The van der Waals surface area contributed by atoms with Gasteiger partial charge in [-0.15, -0.1) is 0 Å². The van der Waals surface area contributed by atoms with Crippen LogP contribution in [0, 0.1) is 19.6 Å². The number of anilines is 1. The van der Waals surface area contributed by atoms with Crippen LogP contribution in [-0.4, -0.2) is 24.2 Å². The Hall–Kier alpha value is -0.890. The summed E-state index contributed by atoms with van der Waals surface area (Å²) >= 11 is 2.12. The standard InChI is InChI=1S/C13H17IN2O3/c1-2-13-9(5-6-19-13)8-15-12-4-3-10(16(17)18)7-11(12)14/h3-4,7,9,13,15H,2,5-6,8H2,1H3. The number of nitrogens with one attached hydrogen (secondary N) is 1. The van der Waals surface area contributed by atoms with Gasteiger partial charge in [0.25, 0.3) is 5.69 Å². The van der Waals surface area contributed by atoms with E-state index in [1.165, 1.54) is 6.07 Å². The minimum Gasteiger partial charge on any atom is -0.384 e.